The molecule has 1 atom stereocenters. The van der Waals surface area contributed by atoms with Crippen molar-refractivity contribution in [3.8, 4) is 6.07 Å². The fourth-order valence-electron chi connectivity index (χ4n) is 3.41. The van der Waals surface area contributed by atoms with Crippen LogP contribution < -0.4 is 10.6 Å². The smallest absolute Gasteiger partial charge is 0.325 e. The predicted octanol–water partition coefficient (Wildman–Crippen LogP) is 0.800. The van der Waals surface area contributed by atoms with Gasteiger partial charge in [0.1, 0.15) is 12.1 Å². The van der Waals surface area contributed by atoms with Crippen LogP contribution in [0, 0.1) is 11.3 Å². The molecular formula is C17H18N4O3. The van der Waals surface area contributed by atoms with E-state index in [1.807, 2.05) is 30.3 Å². The molecular weight excluding hydrogens is 308 g/mol. The Morgan fingerprint density at radius 3 is 2.96 bits per heavy atom. The number of carbonyl (C=O) groups is 3. The molecule has 2 aliphatic rings. The van der Waals surface area contributed by atoms with Crippen molar-refractivity contribution in [3.63, 3.8) is 0 Å². The van der Waals surface area contributed by atoms with E-state index in [2.05, 4.69) is 10.6 Å². The van der Waals surface area contributed by atoms with Crippen molar-refractivity contribution in [1.82, 2.24) is 15.5 Å². The number of nitrogens with zero attached hydrogens (tertiary/aromatic N) is 2. The second kappa shape index (κ2) is 6.32. The lowest BCUT2D eigenvalue weighted by Gasteiger charge is -2.33. The van der Waals surface area contributed by atoms with Crippen molar-refractivity contribution in [2.45, 2.75) is 31.2 Å². The van der Waals surface area contributed by atoms with Gasteiger partial charge >= 0.3 is 6.03 Å². The van der Waals surface area contributed by atoms with Gasteiger partial charge in [0.2, 0.25) is 5.91 Å². The summed E-state index contributed by atoms with van der Waals surface area (Å²) in [6.45, 7) is -0.132. The normalized spacial score (nSPS) is 22.0. The topological polar surface area (TPSA) is 102 Å². The van der Waals surface area contributed by atoms with E-state index in [-0.39, 0.29) is 25.4 Å². The average Bonchev–Trinajstić information content (AvgIpc) is 2.81. The summed E-state index contributed by atoms with van der Waals surface area (Å²) >= 11 is 0. The van der Waals surface area contributed by atoms with Crippen LogP contribution in [0.15, 0.2) is 24.3 Å². The fourth-order valence-corrected chi connectivity index (χ4v) is 3.41. The Balaban J connectivity index is 1.80. The third-order valence-corrected chi connectivity index (χ3v) is 4.51. The van der Waals surface area contributed by atoms with Gasteiger partial charge < -0.3 is 10.6 Å². The van der Waals surface area contributed by atoms with Crippen LogP contribution >= 0.6 is 0 Å². The zero-order chi connectivity index (χ0) is 17.2. The summed E-state index contributed by atoms with van der Waals surface area (Å²) in [5, 5.41) is 13.8. The Morgan fingerprint density at radius 2 is 2.17 bits per heavy atom. The highest BCUT2D eigenvalue weighted by molar-refractivity contribution is 6.09. The molecule has 1 aliphatic heterocycles. The molecule has 0 saturated carbocycles. The van der Waals surface area contributed by atoms with Gasteiger partial charge in [0.05, 0.1) is 12.5 Å². The Morgan fingerprint density at radius 1 is 1.38 bits per heavy atom. The summed E-state index contributed by atoms with van der Waals surface area (Å²) in [6, 6.07) is 8.96. The number of fused-ring (bicyclic) bond motifs is 2. The summed E-state index contributed by atoms with van der Waals surface area (Å²) in [5.74, 6) is -0.829. The maximum atomic E-state index is 12.9. The molecule has 1 aromatic rings. The highest BCUT2D eigenvalue weighted by Gasteiger charge is 2.54. The molecule has 4 amide bonds. The van der Waals surface area contributed by atoms with Gasteiger partial charge in [-0.15, -0.1) is 0 Å². The van der Waals surface area contributed by atoms with Gasteiger partial charge in [-0.2, -0.15) is 5.26 Å². The number of carbonyl (C=O) groups excluding carboxylic acids is 3. The molecule has 7 nitrogen and oxygen atoms in total. The molecule has 1 fully saturated rings. The van der Waals surface area contributed by atoms with Crippen LogP contribution in [0.1, 0.15) is 30.4 Å². The molecule has 7 heteroatoms. The first kappa shape index (κ1) is 16.0. The molecule has 1 heterocycles. The van der Waals surface area contributed by atoms with E-state index in [0.717, 1.165) is 28.9 Å². The van der Waals surface area contributed by atoms with Gasteiger partial charge in [-0.25, -0.2) is 4.79 Å². The Labute approximate surface area is 139 Å². The highest BCUT2D eigenvalue weighted by atomic mass is 16.2. The molecule has 0 unspecified atom stereocenters. The molecule has 1 aromatic carbocycles. The number of imide groups is 1. The number of rotatable bonds is 4. The molecule has 1 spiro atoms. The van der Waals surface area contributed by atoms with Crippen molar-refractivity contribution in [3.05, 3.63) is 35.4 Å². The summed E-state index contributed by atoms with van der Waals surface area (Å²) in [6.07, 6.45) is 2.38. The molecule has 1 saturated heterocycles. The molecule has 2 N–H and O–H groups in total. The second-order valence-electron chi connectivity index (χ2n) is 6.00. The van der Waals surface area contributed by atoms with Gasteiger partial charge in [-0.1, -0.05) is 24.3 Å². The monoisotopic (exact) mass is 326 g/mol. The first-order valence-electron chi connectivity index (χ1n) is 7.94. The maximum absolute atomic E-state index is 12.9. The number of hydrogen-bond acceptors (Lipinski definition) is 4. The van der Waals surface area contributed by atoms with Gasteiger partial charge in [-0.05, 0) is 30.4 Å². The van der Waals surface area contributed by atoms with E-state index in [4.69, 9.17) is 5.26 Å². The first-order chi connectivity index (χ1) is 11.6. The highest BCUT2D eigenvalue weighted by Crippen LogP contribution is 2.39. The summed E-state index contributed by atoms with van der Waals surface area (Å²) in [7, 11) is 0. The van der Waals surface area contributed by atoms with Crippen LogP contribution in [0.3, 0.4) is 0 Å². The number of aryl methyl sites for hydroxylation is 1. The van der Waals surface area contributed by atoms with Crippen molar-refractivity contribution in [2.75, 3.05) is 13.1 Å². The van der Waals surface area contributed by atoms with Crippen LogP contribution in [0.4, 0.5) is 4.79 Å². The number of urea groups is 1. The molecule has 124 valence electrons. The van der Waals surface area contributed by atoms with Gasteiger partial charge in [0.25, 0.3) is 5.91 Å². The standard InChI is InChI=1S/C17H18N4O3/c18-9-4-10-19-14(22)11-21-15(23)17(20-16(21)24)8-3-6-12-5-1-2-7-13(12)17/h1-2,5,7H,3-4,6,8,10-11H2,(H,19,22)(H,20,24)/t17-/m0/s1. The van der Waals surface area contributed by atoms with E-state index in [9.17, 15) is 14.4 Å². The molecule has 1 aliphatic carbocycles. The lowest BCUT2D eigenvalue weighted by Crippen LogP contribution is -2.47. The van der Waals surface area contributed by atoms with Crippen LogP contribution in [0.5, 0.6) is 0 Å². The van der Waals surface area contributed by atoms with E-state index in [0.29, 0.717) is 6.42 Å². The minimum absolute atomic E-state index is 0.184. The lowest BCUT2D eigenvalue weighted by molar-refractivity contribution is -0.135. The zero-order valence-electron chi connectivity index (χ0n) is 13.2. The van der Waals surface area contributed by atoms with Crippen molar-refractivity contribution in [2.24, 2.45) is 0 Å². The Bertz CT molecular complexity index is 740. The first-order valence-corrected chi connectivity index (χ1v) is 7.94. The van der Waals surface area contributed by atoms with E-state index in [1.165, 1.54) is 0 Å². The van der Waals surface area contributed by atoms with Crippen molar-refractivity contribution < 1.29 is 14.4 Å². The summed E-state index contributed by atoms with van der Waals surface area (Å²) in [5.41, 5.74) is 0.818. The fraction of sp³-hybridized carbons (Fsp3) is 0.412. The molecule has 0 aromatic heterocycles. The number of nitriles is 1. The van der Waals surface area contributed by atoms with Gasteiger partial charge in [0.15, 0.2) is 0 Å². The zero-order valence-corrected chi connectivity index (χ0v) is 13.2. The molecule has 3 rings (SSSR count). The average molecular weight is 326 g/mol. The number of nitrogens with one attached hydrogen (secondary N) is 2. The van der Waals surface area contributed by atoms with Crippen LogP contribution in [0.25, 0.3) is 0 Å². The minimum atomic E-state index is -1.06. The quantitative estimate of drug-likeness (QED) is 0.631. The lowest BCUT2D eigenvalue weighted by atomic mass is 9.76. The van der Waals surface area contributed by atoms with Crippen LogP contribution in [-0.4, -0.2) is 35.8 Å². The third-order valence-electron chi connectivity index (χ3n) is 4.51. The third kappa shape index (κ3) is 2.60. The number of amides is 4. The minimum Gasteiger partial charge on any atom is -0.354 e. The van der Waals surface area contributed by atoms with E-state index < -0.39 is 17.5 Å². The van der Waals surface area contributed by atoms with Crippen molar-refractivity contribution in [1.29, 1.82) is 5.26 Å². The summed E-state index contributed by atoms with van der Waals surface area (Å²) in [4.78, 5) is 38.1. The SMILES string of the molecule is N#CCCNC(=O)CN1C(=O)N[C@]2(CCCc3ccccc32)C1=O. The van der Waals surface area contributed by atoms with Crippen LogP contribution in [-0.2, 0) is 21.5 Å². The Hall–Kier alpha value is -2.88. The van der Waals surface area contributed by atoms with E-state index in [1.54, 1.807) is 0 Å². The maximum Gasteiger partial charge on any atom is 0.325 e. The van der Waals surface area contributed by atoms with Gasteiger partial charge in [-0.3, -0.25) is 14.5 Å². The van der Waals surface area contributed by atoms with E-state index >= 15 is 0 Å². The number of benzene rings is 1. The summed E-state index contributed by atoms with van der Waals surface area (Å²) < 4.78 is 0. The van der Waals surface area contributed by atoms with Crippen molar-refractivity contribution >= 4 is 17.8 Å². The largest absolute Gasteiger partial charge is 0.354 e. The molecule has 0 radical (unpaired) electrons. The second-order valence-corrected chi connectivity index (χ2v) is 6.00. The van der Waals surface area contributed by atoms with Crippen LogP contribution in [0.2, 0.25) is 0 Å². The molecule has 0 bridgehead atoms. The van der Waals surface area contributed by atoms with Gasteiger partial charge in [0, 0.05) is 6.54 Å². The molecule has 24 heavy (non-hydrogen) atoms. The number of hydrogen-bond donors (Lipinski definition) is 2. The predicted molar refractivity (Wildman–Crippen MR) is 84.5 cm³/mol. The Kier molecular flexibility index (Phi) is 4.21.